The molecular formula is C12H12N2O3. The van der Waals surface area contributed by atoms with E-state index in [1.165, 1.54) is 12.3 Å². The van der Waals surface area contributed by atoms with Gasteiger partial charge in [-0.1, -0.05) is 30.3 Å². The van der Waals surface area contributed by atoms with Crippen molar-refractivity contribution in [2.75, 3.05) is 0 Å². The van der Waals surface area contributed by atoms with Gasteiger partial charge in [-0.25, -0.2) is 0 Å². The molecule has 0 fully saturated rings. The van der Waals surface area contributed by atoms with E-state index in [2.05, 4.69) is 10.6 Å². The van der Waals surface area contributed by atoms with Crippen molar-refractivity contribution in [2.45, 2.75) is 12.1 Å². The van der Waals surface area contributed by atoms with E-state index in [0.29, 0.717) is 5.56 Å². The Morgan fingerprint density at radius 1 is 1.29 bits per heavy atom. The van der Waals surface area contributed by atoms with E-state index < -0.39 is 11.6 Å². The quantitative estimate of drug-likeness (QED) is 0.711. The van der Waals surface area contributed by atoms with Crippen LogP contribution >= 0.6 is 0 Å². The molecule has 0 radical (unpaired) electrons. The second-order valence-corrected chi connectivity index (χ2v) is 3.81. The first kappa shape index (κ1) is 11.2. The monoisotopic (exact) mass is 232 g/mol. The minimum atomic E-state index is -1.07. The van der Waals surface area contributed by atoms with Crippen molar-refractivity contribution < 1.29 is 14.7 Å². The standard InChI is InChI=1S/C12H12N2O3/c15-10-6-7-13-12(14-10,8-11(16)17)9-4-2-1-3-5-9/h1-7,13H,8H2,(H,14,15)(H,16,17). The number of amides is 1. The predicted molar refractivity (Wildman–Crippen MR) is 60.8 cm³/mol. The number of rotatable bonds is 3. The maximum atomic E-state index is 11.4. The number of benzene rings is 1. The summed E-state index contributed by atoms with van der Waals surface area (Å²) >= 11 is 0. The number of carbonyl (C=O) groups excluding carboxylic acids is 1. The summed E-state index contributed by atoms with van der Waals surface area (Å²) in [6.07, 6.45) is 2.56. The van der Waals surface area contributed by atoms with Crippen LogP contribution in [-0.4, -0.2) is 17.0 Å². The average molecular weight is 232 g/mol. The highest BCUT2D eigenvalue weighted by Crippen LogP contribution is 2.24. The maximum Gasteiger partial charge on any atom is 0.308 e. The van der Waals surface area contributed by atoms with Crippen molar-refractivity contribution >= 4 is 11.9 Å². The van der Waals surface area contributed by atoms with Gasteiger partial charge >= 0.3 is 5.97 Å². The molecule has 5 heteroatoms. The lowest BCUT2D eigenvalue weighted by molar-refractivity contribution is -0.139. The normalized spacial score (nSPS) is 22.7. The smallest absolute Gasteiger partial charge is 0.308 e. The lowest BCUT2D eigenvalue weighted by atomic mass is 9.94. The third kappa shape index (κ3) is 2.28. The van der Waals surface area contributed by atoms with Crippen LogP contribution in [0.3, 0.4) is 0 Å². The molecule has 0 saturated carbocycles. The molecule has 1 aromatic rings. The SMILES string of the molecule is O=C(O)CC1(c2ccccc2)NC=CC(=O)N1. The lowest BCUT2D eigenvalue weighted by Crippen LogP contribution is -2.57. The van der Waals surface area contributed by atoms with Crippen molar-refractivity contribution in [1.82, 2.24) is 10.6 Å². The zero-order valence-electron chi connectivity index (χ0n) is 9.01. The van der Waals surface area contributed by atoms with E-state index >= 15 is 0 Å². The van der Waals surface area contributed by atoms with Gasteiger partial charge in [-0.3, -0.25) is 9.59 Å². The van der Waals surface area contributed by atoms with Crippen molar-refractivity contribution in [3.63, 3.8) is 0 Å². The summed E-state index contributed by atoms with van der Waals surface area (Å²) in [4.78, 5) is 22.3. The van der Waals surface area contributed by atoms with E-state index in [-0.39, 0.29) is 12.3 Å². The first-order valence-electron chi connectivity index (χ1n) is 5.16. The third-order valence-corrected chi connectivity index (χ3v) is 2.58. The van der Waals surface area contributed by atoms with E-state index in [1.807, 2.05) is 6.07 Å². The van der Waals surface area contributed by atoms with Gasteiger partial charge in [0.15, 0.2) is 0 Å². The van der Waals surface area contributed by atoms with Crippen LogP contribution in [0.4, 0.5) is 0 Å². The zero-order valence-corrected chi connectivity index (χ0v) is 9.01. The molecule has 0 spiro atoms. The maximum absolute atomic E-state index is 11.4. The molecule has 1 amide bonds. The highest BCUT2D eigenvalue weighted by molar-refractivity contribution is 5.89. The topological polar surface area (TPSA) is 78.4 Å². The Morgan fingerprint density at radius 2 is 2.00 bits per heavy atom. The van der Waals surface area contributed by atoms with Crippen molar-refractivity contribution in [2.24, 2.45) is 0 Å². The number of hydrogen-bond acceptors (Lipinski definition) is 3. The molecule has 1 aliphatic rings. The molecule has 1 aromatic carbocycles. The summed E-state index contributed by atoms with van der Waals surface area (Å²) in [6.45, 7) is 0. The number of aliphatic carboxylic acids is 1. The Morgan fingerprint density at radius 3 is 2.59 bits per heavy atom. The van der Waals surface area contributed by atoms with Gasteiger partial charge in [0.25, 0.3) is 0 Å². The summed E-state index contributed by atoms with van der Waals surface area (Å²) in [6, 6.07) is 8.97. The third-order valence-electron chi connectivity index (χ3n) is 2.58. The van der Waals surface area contributed by atoms with Crippen LogP contribution in [0.2, 0.25) is 0 Å². The Labute approximate surface area is 98.1 Å². The number of nitrogens with one attached hydrogen (secondary N) is 2. The van der Waals surface area contributed by atoms with E-state index in [1.54, 1.807) is 24.3 Å². The summed E-state index contributed by atoms with van der Waals surface area (Å²) in [5, 5.41) is 14.5. The largest absolute Gasteiger partial charge is 0.481 e. The van der Waals surface area contributed by atoms with Gasteiger partial charge in [0.05, 0.1) is 6.42 Å². The molecule has 2 rings (SSSR count). The molecule has 1 atom stereocenters. The Kier molecular flexibility index (Phi) is 2.82. The summed E-state index contributed by atoms with van der Waals surface area (Å²) in [5.74, 6) is -1.30. The van der Waals surface area contributed by atoms with Gasteiger partial charge in [-0.05, 0) is 5.56 Å². The molecule has 17 heavy (non-hydrogen) atoms. The second-order valence-electron chi connectivity index (χ2n) is 3.81. The van der Waals surface area contributed by atoms with Gasteiger partial charge in [0.1, 0.15) is 5.66 Å². The van der Waals surface area contributed by atoms with Crippen LogP contribution < -0.4 is 10.6 Å². The number of carbonyl (C=O) groups is 2. The molecule has 0 saturated heterocycles. The molecular weight excluding hydrogens is 220 g/mol. The highest BCUT2D eigenvalue weighted by atomic mass is 16.4. The summed E-state index contributed by atoms with van der Waals surface area (Å²) in [7, 11) is 0. The van der Waals surface area contributed by atoms with Crippen LogP contribution in [0.5, 0.6) is 0 Å². The van der Waals surface area contributed by atoms with Crippen molar-refractivity contribution in [1.29, 1.82) is 0 Å². The van der Waals surface area contributed by atoms with Crippen molar-refractivity contribution in [3.05, 3.63) is 48.2 Å². The molecule has 0 aromatic heterocycles. The molecule has 1 heterocycles. The Bertz CT molecular complexity index is 470. The minimum absolute atomic E-state index is 0.229. The van der Waals surface area contributed by atoms with Gasteiger partial charge in [-0.15, -0.1) is 0 Å². The fourth-order valence-corrected chi connectivity index (χ4v) is 1.85. The van der Waals surface area contributed by atoms with Crippen LogP contribution in [0, 0.1) is 0 Å². The summed E-state index contributed by atoms with van der Waals surface area (Å²) < 4.78 is 0. The fourth-order valence-electron chi connectivity index (χ4n) is 1.85. The molecule has 1 unspecified atom stereocenters. The predicted octanol–water partition coefficient (Wildman–Crippen LogP) is 0.547. The van der Waals surface area contributed by atoms with E-state index in [4.69, 9.17) is 5.11 Å². The van der Waals surface area contributed by atoms with Gasteiger partial charge in [0.2, 0.25) is 5.91 Å². The number of carboxylic acids is 1. The van der Waals surface area contributed by atoms with Crippen LogP contribution in [0.25, 0.3) is 0 Å². The second kappa shape index (κ2) is 4.29. The average Bonchev–Trinajstić information content (AvgIpc) is 2.29. The summed E-state index contributed by atoms with van der Waals surface area (Å²) in [5.41, 5.74) is -0.362. The number of hydrogen-bond donors (Lipinski definition) is 3. The van der Waals surface area contributed by atoms with Gasteiger partial charge in [-0.2, -0.15) is 0 Å². The molecule has 0 bridgehead atoms. The van der Waals surface area contributed by atoms with Gasteiger partial charge in [0, 0.05) is 12.3 Å². The van der Waals surface area contributed by atoms with Crippen LogP contribution in [0.1, 0.15) is 12.0 Å². The minimum Gasteiger partial charge on any atom is -0.481 e. The first-order chi connectivity index (χ1) is 8.12. The first-order valence-corrected chi connectivity index (χ1v) is 5.16. The van der Waals surface area contributed by atoms with E-state index in [9.17, 15) is 9.59 Å². The van der Waals surface area contributed by atoms with Crippen LogP contribution in [-0.2, 0) is 15.3 Å². The molecule has 5 nitrogen and oxygen atoms in total. The molecule has 88 valence electrons. The van der Waals surface area contributed by atoms with Crippen molar-refractivity contribution in [3.8, 4) is 0 Å². The lowest BCUT2D eigenvalue weighted by Gasteiger charge is -2.36. The fraction of sp³-hybridized carbons (Fsp3) is 0.167. The number of carboxylic acid groups (broad SMARTS) is 1. The highest BCUT2D eigenvalue weighted by Gasteiger charge is 2.36. The molecule has 1 aliphatic heterocycles. The molecule has 0 aliphatic carbocycles. The Hall–Kier alpha value is -2.30. The molecule has 3 N–H and O–H groups in total. The Balaban J connectivity index is 2.41. The van der Waals surface area contributed by atoms with Gasteiger partial charge < -0.3 is 15.7 Å². The van der Waals surface area contributed by atoms with E-state index in [0.717, 1.165) is 0 Å². The zero-order chi connectivity index (χ0) is 12.3. The van der Waals surface area contributed by atoms with Crippen LogP contribution in [0.15, 0.2) is 42.6 Å².